The number of amides is 1. The van der Waals surface area contributed by atoms with Crippen LogP contribution in [-0.2, 0) is 20.3 Å². The van der Waals surface area contributed by atoms with Crippen LogP contribution in [-0.4, -0.2) is 38.4 Å². The molecule has 0 saturated carbocycles. The second-order valence-electron chi connectivity index (χ2n) is 6.79. The van der Waals surface area contributed by atoms with Crippen LogP contribution in [0.25, 0.3) is 0 Å². The Bertz CT molecular complexity index is 575. The number of ether oxygens (including phenoxy) is 1. The van der Waals surface area contributed by atoms with Crippen LogP contribution in [0.3, 0.4) is 0 Å². The maximum absolute atomic E-state index is 12.0. The summed E-state index contributed by atoms with van der Waals surface area (Å²) in [7, 11) is 0. The first-order valence-corrected chi connectivity index (χ1v) is 8.51. The van der Waals surface area contributed by atoms with Crippen molar-refractivity contribution in [3.63, 3.8) is 0 Å². The number of hydrogen-bond acceptors (Lipinski definition) is 4. The number of hydrogen-bond donors (Lipinski definition) is 1. The third-order valence-corrected chi connectivity index (χ3v) is 3.95. The van der Waals surface area contributed by atoms with Gasteiger partial charge in [-0.05, 0) is 33.3 Å². The van der Waals surface area contributed by atoms with Crippen LogP contribution in [0.15, 0.2) is 24.3 Å². The van der Waals surface area contributed by atoms with Gasteiger partial charge in [0, 0.05) is 19.0 Å². The molecule has 1 saturated heterocycles. The highest BCUT2D eigenvalue weighted by Crippen LogP contribution is 2.34. The van der Waals surface area contributed by atoms with Crippen LogP contribution < -0.4 is 0 Å². The van der Waals surface area contributed by atoms with Gasteiger partial charge in [0.15, 0.2) is 0 Å². The Morgan fingerprint density at radius 2 is 1.87 bits per heavy atom. The number of rotatable bonds is 4. The van der Waals surface area contributed by atoms with Gasteiger partial charge < -0.3 is 9.64 Å². The third-order valence-electron chi connectivity index (χ3n) is 3.58. The van der Waals surface area contributed by atoms with Gasteiger partial charge in [0.2, 0.25) is 0 Å². The van der Waals surface area contributed by atoms with Crippen LogP contribution in [0.2, 0.25) is 0 Å². The summed E-state index contributed by atoms with van der Waals surface area (Å²) in [5.74, 6) is -0.0404. The molecule has 1 fully saturated rings. The van der Waals surface area contributed by atoms with E-state index in [-0.39, 0.29) is 12.0 Å². The fourth-order valence-electron chi connectivity index (χ4n) is 2.43. The summed E-state index contributed by atoms with van der Waals surface area (Å²) in [5.41, 5.74) is 1.38. The molecule has 0 aromatic heterocycles. The molecular weight excluding hydrogens is 318 g/mol. The zero-order valence-corrected chi connectivity index (χ0v) is 14.6. The molecule has 23 heavy (non-hydrogen) atoms. The second kappa shape index (κ2) is 6.98. The highest BCUT2D eigenvalue weighted by molar-refractivity contribution is 7.74. The summed E-state index contributed by atoms with van der Waals surface area (Å²) < 4.78 is 30.6. The zero-order chi connectivity index (χ0) is 17.2. The number of carbonyl (C=O) groups is 1. The Morgan fingerprint density at radius 3 is 2.35 bits per heavy atom. The van der Waals surface area contributed by atoms with E-state index in [0.29, 0.717) is 13.1 Å². The Kier molecular flexibility index (Phi) is 5.44. The van der Waals surface area contributed by atoms with E-state index in [4.69, 9.17) is 13.5 Å². The van der Waals surface area contributed by atoms with Crippen molar-refractivity contribution in [1.29, 1.82) is 0 Å². The molecule has 2 atom stereocenters. The van der Waals surface area contributed by atoms with Crippen molar-refractivity contribution in [2.24, 2.45) is 5.92 Å². The van der Waals surface area contributed by atoms with Crippen molar-refractivity contribution in [1.82, 2.24) is 4.90 Å². The molecule has 2 rings (SSSR count). The quantitative estimate of drug-likeness (QED) is 0.852. The van der Waals surface area contributed by atoms with Gasteiger partial charge >= 0.3 is 17.5 Å². The van der Waals surface area contributed by atoms with Crippen molar-refractivity contribution in [2.45, 2.75) is 39.4 Å². The van der Waals surface area contributed by atoms with Crippen LogP contribution >= 0.6 is 0 Å². The predicted octanol–water partition coefficient (Wildman–Crippen LogP) is 3.06. The standard InChI is InChI=1S/C16H23NO5S/c1-11-5-7-12(8-6-11)14(22-23(19)20)13-9-17(10-13)15(18)21-16(2,3)4/h5-8,13-14H,9-10H2,1-4H3,(H,19,20). The monoisotopic (exact) mass is 341 g/mol. The lowest BCUT2D eigenvalue weighted by Gasteiger charge is -2.42. The fraction of sp³-hybridized carbons (Fsp3) is 0.562. The molecule has 1 aromatic carbocycles. The van der Waals surface area contributed by atoms with Crippen molar-refractivity contribution in [3.8, 4) is 0 Å². The Balaban J connectivity index is 2.01. The number of likely N-dealkylation sites (tertiary alicyclic amines) is 1. The molecule has 1 aromatic rings. The van der Waals surface area contributed by atoms with Crippen molar-refractivity contribution in [2.75, 3.05) is 13.1 Å². The summed E-state index contributed by atoms with van der Waals surface area (Å²) in [6.07, 6.45) is -0.901. The van der Waals surface area contributed by atoms with Crippen molar-refractivity contribution >= 4 is 17.5 Å². The zero-order valence-electron chi connectivity index (χ0n) is 13.8. The van der Waals surface area contributed by atoms with E-state index in [9.17, 15) is 9.00 Å². The summed E-state index contributed by atoms with van der Waals surface area (Å²) in [6, 6.07) is 7.61. The van der Waals surface area contributed by atoms with E-state index < -0.39 is 23.1 Å². The van der Waals surface area contributed by atoms with E-state index in [0.717, 1.165) is 11.1 Å². The molecule has 1 aliphatic heterocycles. The maximum atomic E-state index is 12.0. The Morgan fingerprint density at radius 1 is 1.30 bits per heavy atom. The minimum Gasteiger partial charge on any atom is -0.444 e. The van der Waals surface area contributed by atoms with Gasteiger partial charge in [-0.2, -0.15) is 4.21 Å². The average molecular weight is 341 g/mol. The minimum atomic E-state index is -2.36. The van der Waals surface area contributed by atoms with Crippen LogP contribution in [0.5, 0.6) is 0 Å². The van der Waals surface area contributed by atoms with Gasteiger partial charge in [-0.3, -0.25) is 8.74 Å². The third kappa shape index (κ3) is 5.02. The van der Waals surface area contributed by atoms with Crippen LogP contribution in [0, 0.1) is 12.8 Å². The minimum absolute atomic E-state index is 0.0404. The van der Waals surface area contributed by atoms with E-state index >= 15 is 0 Å². The number of nitrogens with zero attached hydrogens (tertiary/aromatic N) is 1. The molecule has 2 unspecified atom stereocenters. The van der Waals surface area contributed by atoms with Crippen LogP contribution in [0.4, 0.5) is 4.79 Å². The molecule has 128 valence electrons. The molecular formula is C16H23NO5S. The Labute approximate surface area is 139 Å². The van der Waals surface area contributed by atoms with E-state index in [1.54, 1.807) is 4.90 Å². The summed E-state index contributed by atoms with van der Waals surface area (Å²) in [4.78, 5) is 13.5. The van der Waals surface area contributed by atoms with Gasteiger partial charge in [-0.15, -0.1) is 0 Å². The molecule has 1 N–H and O–H groups in total. The van der Waals surface area contributed by atoms with Gasteiger partial charge in [-0.1, -0.05) is 29.8 Å². The van der Waals surface area contributed by atoms with Crippen molar-refractivity contribution in [3.05, 3.63) is 35.4 Å². The Hall–Kier alpha value is -1.44. The fourth-order valence-corrected chi connectivity index (χ4v) is 2.88. The molecule has 7 heteroatoms. The molecule has 1 aliphatic rings. The van der Waals surface area contributed by atoms with Gasteiger partial charge in [-0.25, -0.2) is 4.79 Å². The smallest absolute Gasteiger partial charge is 0.410 e. The largest absolute Gasteiger partial charge is 0.444 e. The summed E-state index contributed by atoms with van der Waals surface area (Å²) in [6.45, 7) is 8.28. The summed E-state index contributed by atoms with van der Waals surface area (Å²) in [5, 5.41) is 0. The predicted molar refractivity (Wildman–Crippen MR) is 87.1 cm³/mol. The first kappa shape index (κ1) is 17.9. The molecule has 0 aliphatic carbocycles. The summed E-state index contributed by atoms with van der Waals surface area (Å²) >= 11 is -2.36. The van der Waals surface area contributed by atoms with Gasteiger partial charge in [0.25, 0.3) is 0 Å². The molecule has 0 spiro atoms. The first-order valence-electron chi connectivity index (χ1n) is 7.48. The topological polar surface area (TPSA) is 76.1 Å². The lowest BCUT2D eigenvalue weighted by atomic mass is 9.89. The van der Waals surface area contributed by atoms with Crippen LogP contribution in [0.1, 0.15) is 38.0 Å². The van der Waals surface area contributed by atoms with E-state index in [1.165, 1.54) is 0 Å². The van der Waals surface area contributed by atoms with Gasteiger partial charge in [0.05, 0.1) is 0 Å². The molecule has 0 radical (unpaired) electrons. The average Bonchev–Trinajstić information content (AvgIpc) is 2.34. The number of benzene rings is 1. The highest BCUT2D eigenvalue weighted by Gasteiger charge is 2.40. The molecule has 6 nitrogen and oxygen atoms in total. The number of aryl methyl sites for hydroxylation is 1. The van der Waals surface area contributed by atoms with E-state index in [1.807, 2.05) is 52.0 Å². The molecule has 1 heterocycles. The molecule has 1 amide bonds. The lowest BCUT2D eigenvalue weighted by Crippen LogP contribution is -2.53. The molecule has 0 bridgehead atoms. The second-order valence-corrected chi connectivity index (χ2v) is 7.42. The van der Waals surface area contributed by atoms with Crippen molar-refractivity contribution < 1.29 is 22.5 Å². The highest BCUT2D eigenvalue weighted by atomic mass is 32.2. The SMILES string of the molecule is Cc1ccc(C(OS(=O)O)C2CN(C(=O)OC(C)(C)C)C2)cc1. The van der Waals surface area contributed by atoms with E-state index in [2.05, 4.69) is 0 Å². The normalized spacial score (nSPS) is 18.2. The van der Waals surface area contributed by atoms with Gasteiger partial charge in [0.1, 0.15) is 11.7 Å². The maximum Gasteiger partial charge on any atom is 0.410 e. The number of carbonyl (C=O) groups excluding carboxylic acids is 1. The first-order chi connectivity index (χ1) is 10.7. The lowest BCUT2D eigenvalue weighted by molar-refractivity contribution is -0.0243.